The number of hydrogen-bond acceptors (Lipinski definition) is 7. The van der Waals surface area contributed by atoms with E-state index in [2.05, 4.69) is 20.4 Å². The molecule has 1 aliphatic heterocycles. The molecule has 0 bridgehead atoms. The molecule has 0 aliphatic carbocycles. The van der Waals surface area contributed by atoms with Crippen molar-refractivity contribution in [3.05, 3.63) is 48.4 Å². The molecule has 0 saturated heterocycles. The summed E-state index contributed by atoms with van der Waals surface area (Å²) in [6.07, 6.45) is 4.65. The summed E-state index contributed by atoms with van der Waals surface area (Å²) in [5, 5.41) is 16.5. The molecule has 25 heavy (non-hydrogen) atoms. The van der Waals surface area contributed by atoms with E-state index in [-0.39, 0.29) is 36.6 Å². The molecule has 126 valence electrons. The van der Waals surface area contributed by atoms with E-state index in [1.807, 2.05) is 0 Å². The molecule has 3 heterocycles. The van der Waals surface area contributed by atoms with Crippen molar-refractivity contribution in [2.45, 2.75) is 6.42 Å². The highest BCUT2D eigenvalue weighted by molar-refractivity contribution is 5.93. The molecule has 0 unspecified atom stereocenters. The number of amides is 1. The summed E-state index contributed by atoms with van der Waals surface area (Å²) >= 11 is 0. The van der Waals surface area contributed by atoms with E-state index in [0.29, 0.717) is 11.5 Å². The fourth-order valence-electron chi connectivity index (χ4n) is 2.38. The van der Waals surface area contributed by atoms with Gasteiger partial charge in [-0.25, -0.2) is 9.67 Å². The normalized spacial score (nSPS) is 12.2. The van der Waals surface area contributed by atoms with Gasteiger partial charge in [-0.05, 0) is 23.8 Å². The highest BCUT2D eigenvalue weighted by atomic mass is 16.7. The van der Waals surface area contributed by atoms with Crippen molar-refractivity contribution in [2.75, 3.05) is 12.1 Å². The molecule has 0 radical (unpaired) electrons. The predicted octanol–water partition coefficient (Wildman–Crippen LogP) is 1.28. The Morgan fingerprint density at radius 3 is 3.00 bits per heavy atom. The Bertz CT molecular complexity index is 926. The van der Waals surface area contributed by atoms with Gasteiger partial charge in [0.05, 0.1) is 12.6 Å². The van der Waals surface area contributed by atoms with E-state index in [9.17, 15) is 9.90 Å². The summed E-state index contributed by atoms with van der Waals surface area (Å²) < 4.78 is 11.9. The van der Waals surface area contributed by atoms with Gasteiger partial charge in [-0.1, -0.05) is 6.07 Å². The highest BCUT2D eigenvalue weighted by Gasteiger charge is 2.15. The summed E-state index contributed by atoms with van der Waals surface area (Å²) in [5.41, 5.74) is 0.886. The van der Waals surface area contributed by atoms with Crippen LogP contribution in [0.3, 0.4) is 0 Å². The number of benzene rings is 1. The molecule has 0 atom stereocenters. The fraction of sp³-hybridized carbons (Fsp3) is 0.125. The van der Waals surface area contributed by atoms with Crippen LogP contribution >= 0.6 is 0 Å². The van der Waals surface area contributed by atoms with Crippen LogP contribution in [0.15, 0.2) is 42.9 Å². The van der Waals surface area contributed by atoms with Crippen molar-refractivity contribution in [1.29, 1.82) is 0 Å². The Morgan fingerprint density at radius 1 is 1.32 bits per heavy atom. The van der Waals surface area contributed by atoms with Crippen LogP contribution in [0.25, 0.3) is 5.95 Å². The minimum atomic E-state index is -0.334. The Kier molecular flexibility index (Phi) is 3.65. The second kappa shape index (κ2) is 6.11. The molecule has 0 fully saturated rings. The van der Waals surface area contributed by atoms with Gasteiger partial charge in [-0.15, -0.1) is 0 Å². The first-order valence-electron chi connectivity index (χ1n) is 7.43. The molecular weight excluding hydrogens is 326 g/mol. The van der Waals surface area contributed by atoms with Crippen LogP contribution in [0, 0.1) is 0 Å². The SMILES string of the molecule is O=C(Cc1ccc2c(c1)OCO2)Nc1cnc(-n2cccn2)nc1O. The lowest BCUT2D eigenvalue weighted by Crippen LogP contribution is -2.15. The highest BCUT2D eigenvalue weighted by Crippen LogP contribution is 2.32. The van der Waals surface area contributed by atoms with Gasteiger partial charge >= 0.3 is 0 Å². The van der Waals surface area contributed by atoms with Gasteiger partial charge in [-0.3, -0.25) is 4.79 Å². The van der Waals surface area contributed by atoms with Gasteiger partial charge in [-0.2, -0.15) is 10.1 Å². The second-order valence-electron chi connectivity index (χ2n) is 5.27. The summed E-state index contributed by atoms with van der Waals surface area (Å²) in [4.78, 5) is 20.2. The van der Waals surface area contributed by atoms with Crippen LogP contribution < -0.4 is 14.8 Å². The largest absolute Gasteiger partial charge is 0.492 e. The number of carbonyl (C=O) groups excluding carboxylic acids is 1. The van der Waals surface area contributed by atoms with Gasteiger partial charge in [0.15, 0.2) is 11.5 Å². The third-order valence-electron chi connectivity index (χ3n) is 3.54. The first-order valence-corrected chi connectivity index (χ1v) is 7.43. The number of carbonyl (C=O) groups is 1. The van der Waals surface area contributed by atoms with Crippen molar-refractivity contribution in [2.24, 2.45) is 0 Å². The summed E-state index contributed by atoms with van der Waals surface area (Å²) in [6.45, 7) is 0.179. The molecule has 2 N–H and O–H groups in total. The molecule has 9 heteroatoms. The molecule has 4 rings (SSSR count). The lowest BCUT2D eigenvalue weighted by Gasteiger charge is -2.08. The predicted molar refractivity (Wildman–Crippen MR) is 85.7 cm³/mol. The van der Waals surface area contributed by atoms with E-state index in [1.165, 1.54) is 10.9 Å². The van der Waals surface area contributed by atoms with Gasteiger partial charge in [0.2, 0.25) is 18.6 Å². The van der Waals surface area contributed by atoms with Crippen LogP contribution in [0.1, 0.15) is 5.56 Å². The molecule has 3 aromatic rings. The summed E-state index contributed by atoms with van der Waals surface area (Å²) in [6, 6.07) is 7.00. The summed E-state index contributed by atoms with van der Waals surface area (Å²) in [5.74, 6) is 0.824. The van der Waals surface area contributed by atoms with E-state index < -0.39 is 0 Å². The van der Waals surface area contributed by atoms with Crippen molar-refractivity contribution < 1.29 is 19.4 Å². The molecule has 1 amide bonds. The summed E-state index contributed by atoms with van der Waals surface area (Å²) in [7, 11) is 0. The van der Waals surface area contributed by atoms with Crippen molar-refractivity contribution in [3.8, 4) is 23.3 Å². The zero-order valence-corrected chi connectivity index (χ0v) is 12.9. The molecular formula is C16H13N5O4. The van der Waals surface area contributed by atoms with Gasteiger partial charge < -0.3 is 19.9 Å². The van der Waals surface area contributed by atoms with Crippen molar-refractivity contribution >= 4 is 11.6 Å². The number of nitrogens with zero attached hydrogens (tertiary/aromatic N) is 4. The first kappa shape index (κ1) is 14.9. The molecule has 1 aliphatic rings. The topological polar surface area (TPSA) is 111 Å². The smallest absolute Gasteiger partial charge is 0.253 e. The van der Waals surface area contributed by atoms with E-state index in [4.69, 9.17) is 9.47 Å². The lowest BCUT2D eigenvalue weighted by molar-refractivity contribution is -0.115. The average Bonchev–Trinajstić information content (AvgIpc) is 3.27. The zero-order chi connectivity index (χ0) is 17.2. The quantitative estimate of drug-likeness (QED) is 0.736. The van der Waals surface area contributed by atoms with Gasteiger partial charge in [0, 0.05) is 12.4 Å². The Balaban J connectivity index is 1.45. The van der Waals surface area contributed by atoms with E-state index in [0.717, 1.165) is 5.56 Å². The maximum Gasteiger partial charge on any atom is 0.253 e. The number of aromatic hydroxyl groups is 1. The average molecular weight is 339 g/mol. The monoisotopic (exact) mass is 339 g/mol. The maximum absolute atomic E-state index is 12.2. The van der Waals surface area contributed by atoms with Crippen LogP contribution in [0.5, 0.6) is 17.4 Å². The number of rotatable bonds is 4. The van der Waals surface area contributed by atoms with Crippen LogP contribution in [0.2, 0.25) is 0 Å². The third kappa shape index (κ3) is 3.07. The Labute approximate surface area is 141 Å². The fourth-order valence-corrected chi connectivity index (χ4v) is 2.38. The number of nitrogens with one attached hydrogen (secondary N) is 1. The number of fused-ring (bicyclic) bond motifs is 1. The minimum absolute atomic E-state index is 0.108. The Hall–Kier alpha value is -3.62. The van der Waals surface area contributed by atoms with Crippen molar-refractivity contribution in [1.82, 2.24) is 19.7 Å². The molecule has 1 aromatic carbocycles. The number of ether oxygens (including phenoxy) is 2. The molecule has 9 nitrogen and oxygen atoms in total. The number of hydrogen-bond donors (Lipinski definition) is 2. The molecule has 0 saturated carbocycles. The van der Waals surface area contributed by atoms with Crippen molar-refractivity contribution in [3.63, 3.8) is 0 Å². The lowest BCUT2D eigenvalue weighted by atomic mass is 10.1. The number of anilines is 1. The molecule has 2 aromatic heterocycles. The standard InChI is InChI=1S/C16H13N5O4/c22-14(7-10-2-3-12-13(6-10)25-9-24-12)19-11-8-17-16(20-15(11)23)21-5-1-4-18-21/h1-6,8H,7,9H2,(H,19,22)(H,17,20,23). The van der Waals surface area contributed by atoms with E-state index >= 15 is 0 Å². The Morgan fingerprint density at radius 2 is 2.20 bits per heavy atom. The first-order chi connectivity index (χ1) is 12.2. The minimum Gasteiger partial charge on any atom is -0.492 e. The van der Waals surface area contributed by atoms with Crippen LogP contribution in [-0.4, -0.2) is 37.6 Å². The zero-order valence-electron chi connectivity index (χ0n) is 12.9. The van der Waals surface area contributed by atoms with Gasteiger partial charge in [0.25, 0.3) is 5.95 Å². The van der Waals surface area contributed by atoms with Crippen LogP contribution in [-0.2, 0) is 11.2 Å². The number of aromatic nitrogens is 4. The van der Waals surface area contributed by atoms with Gasteiger partial charge in [0.1, 0.15) is 5.69 Å². The van der Waals surface area contributed by atoms with E-state index in [1.54, 1.807) is 36.7 Å². The second-order valence-corrected chi connectivity index (χ2v) is 5.27. The third-order valence-corrected chi connectivity index (χ3v) is 3.54. The van der Waals surface area contributed by atoms with Crippen LogP contribution in [0.4, 0.5) is 5.69 Å². The maximum atomic E-state index is 12.2. The molecule has 0 spiro atoms.